The zero-order valence-corrected chi connectivity index (χ0v) is 24.5. The number of hydrogen-bond acceptors (Lipinski definition) is 4. The number of anilines is 1. The molecular weight excluding hydrogens is 540 g/mol. The van der Waals surface area contributed by atoms with Crippen molar-refractivity contribution in [1.29, 1.82) is 0 Å². The fourth-order valence-electron chi connectivity index (χ4n) is 8.89. The lowest BCUT2D eigenvalue weighted by Crippen LogP contribution is -2.38. The molecule has 6 aliphatic carbocycles. The zero-order valence-electron chi connectivity index (χ0n) is 24.5. The van der Waals surface area contributed by atoms with Gasteiger partial charge in [-0.05, 0) is 48.3 Å². The monoisotopic (exact) mass is 574 g/mol. The second kappa shape index (κ2) is 9.46. The summed E-state index contributed by atoms with van der Waals surface area (Å²) in [4.78, 5) is 5.49. The van der Waals surface area contributed by atoms with E-state index >= 15 is 0 Å². The Labute approximate surface area is 258 Å². The maximum Gasteiger partial charge on any atom is 0.176 e. The zero-order chi connectivity index (χ0) is 28.8. The number of benzene rings is 1. The molecule has 4 nitrogen and oxygen atoms in total. The van der Waals surface area contributed by atoms with Crippen molar-refractivity contribution < 1.29 is 9.15 Å². The van der Waals surface area contributed by atoms with Crippen LogP contribution in [-0.4, -0.2) is 18.0 Å². The molecule has 0 saturated heterocycles. The first-order valence-electron chi connectivity index (χ1n) is 16.3. The minimum absolute atomic E-state index is 0.0818. The Morgan fingerprint density at radius 1 is 0.818 bits per heavy atom. The van der Waals surface area contributed by atoms with Crippen molar-refractivity contribution in [2.75, 3.05) is 5.32 Å². The van der Waals surface area contributed by atoms with Gasteiger partial charge < -0.3 is 14.5 Å². The number of nitrogens with one attached hydrogen (secondary N) is 1. The Morgan fingerprint density at radius 2 is 1.70 bits per heavy atom. The van der Waals surface area contributed by atoms with Gasteiger partial charge >= 0.3 is 0 Å². The lowest BCUT2D eigenvalue weighted by atomic mass is 9.59. The van der Waals surface area contributed by atoms with E-state index in [-0.39, 0.29) is 18.2 Å². The lowest BCUT2D eigenvalue weighted by Gasteiger charge is -2.45. The Hall–Kier alpha value is -4.57. The summed E-state index contributed by atoms with van der Waals surface area (Å²) in [5, 5.41) is 3.82. The average molecular weight is 575 g/mol. The first-order chi connectivity index (χ1) is 21.8. The summed E-state index contributed by atoms with van der Waals surface area (Å²) < 4.78 is 13.3. The van der Waals surface area contributed by atoms with E-state index in [1.807, 2.05) is 0 Å². The van der Waals surface area contributed by atoms with Crippen LogP contribution >= 0.6 is 0 Å². The topological polar surface area (TPSA) is 46.8 Å². The Morgan fingerprint density at radius 3 is 2.70 bits per heavy atom. The number of ether oxygens (including phenoxy) is 1. The van der Waals surface area contributed by atoms with E-state index < -0.39 is 0 Å². The summed E-state index contributed by atoms with van der Waals surface area (Å²) in [5.41, 5.74) is 9.92. The molecule has 0 amide bonds. The van der Waals surface area contributed by atoms with Crippen LogP contribution in [0, 0.1) is 23.7 Å². The van der Waals surface area contributed by atoms with Crippen LogP contribution in [0.4, 0.5) is 5.69 Å². The lowest BCUT2D eigenvalue weighted by molar-refractivity contribution is 0.248. The van der Waals surface area contributed by atoms with Gasteiger partial charge in [-0.1, -0.05) is 109 Å². The fraction of sp³-hybridized carbons (Fsp3) is 0.275. The number of furan rings is 1. The molecule has 2 aromatic rings. The van der Waals surface area contributed by atoms with E-state index in [4.69, 9.17) is 14.1 Å². The highest BCUT2D eigenvalue weighted by Crippen LogP contribution is 2.52. The molecule has 7 unspecified atom stereocenters. The van der Waals surface area contributed by atoms with Crippen LogP contribution < -0.4 is 10.1 Å². The number of nitrogens with zero attached hydrogens (tertiary/aromatic N) is 1. The van der Waals surface area contributed by atoms with Gasteiger partial charge in [0.15, 0.2) is 5.76 Å². The molecule has 3 heterocycles. The molecule has 4 heteroatoms. The molecule has 44 heavy (non-hydrogen) atoms. The number of aryl methyl sites for hydroxylation is 1. The second-order valence-corrected chi connectivity index (χ2v) is 13.1. The van der Waals surface area contributed by atoms with Gasteiger partial charge in [0.05, 0.1) is 5.69 Å². The smallest absolute Gasteiger partial charge is 0.176 e. The molecule has 2 aliphatic heterocycles. The molecule has 10 rings (SSSR count). The number of hydrogen-bond donors (Lipinski definition) is 1. The van der Waals surface area contributed by atoms with Gasteiger partial charge in [-0.25, -0.2) is 0 Å². The standard InChI is InChI=1S/C40H34N2O2/c1-2-12-26-24(10-1)25-11-3-4-13-27(25)33-22-23(20-21-28(26)33)36-39-37(31-15-6-8-19-35(31)44-39)42-40(41-36)32-17-9-16-30-29-14-5-7-18-34(29)43-38(30)32/h2-7,9,11-18,20-22,25,27-28,30,33,38,40,42H,1,8,10,19H2. The highest BCUT2D eigenvalue weighted by Gasteiger charge is 2.44. The van der Waals surface area contributed by atoms with Gasteiger partial charge in [-0.15, -0.1) is 0 Å². The molecule has 1 N–H and O–H groups in total. The second-order valence-electron chi connectivity index (χ2n) is 13.1. The molecule has 0 radical (unpaired) electrons. The van der Waals surface area contributed by atoms with Crippen LogP contribution in [0.15, 0.2) is 135 Å². The predicted octanol–water partition coefficient (Wildman–Crippen LogP) is 8.57. The minimum Gasteiger partial charge on any atom is -0.485 e. The molecule has 7 atom stereocenters. The third-order valence-electron chi connectivity index (χ3n) is 10.9. The summed E-state index contributed by atoms with van der Waals surface area (Å²) in [6.07, 6.45) is 36.5. The molecule has 0 saturated carbocycles. The molecule has 0 fully saturated rings. The highest BCUT2D eigenvalue weighted by atomic mass is 16.5. The summed E-state index contributed by atoms with van der Waals surface area (Å²) in [6, 6.07) is 8.43. The van der Waals surface area contributed by atoms with Crippen molar-refractivity contribution in [3.63, 3.8) is 0 Å². The Bertz CT molecular complexity index is 1920. The molecule has 8 aliphatic rings. The normalized spacial score (nSPS) is 33.0. The summed E-state index contributed by atoms with van der Waals surface area (Å²) in [5.74, 6) is 4.79. The predicted molar refractivity (Wildman–Crippen MR) is 176 cm³/mol. The van der Waals surface area contributed by atoms with E-state index in [1.54, 1.807) is 5.57 Å². The van der Waals surface area contributed by atoms with Gasteiger partial charge in [0.1, 0.15) is 29.5 Å². The first kappa shape index (κ1) is 24.8. The van der Waals surface area contributed by atoms with Crippen molar-refractivity contribution >= 4 is 17.5 Å². The Kier molecular flexibility index (Phi) is 5.34. The van der Waals surface area contributed by atoms with E-state index in [1.165, 1.54) is 28.7 Å². The minimum atomic E-state index is -0.250. The van der Waals surface area contributed by atoms with Crippen LogP contribution in [-0.2, 0) is 6.42 Å². The molecule has 0 spiro atoms. The number of para-hydroxylation sites is 1. The molecule has 1 aromatic carbocycles. The van der Waals surface area contributed by atoms with Crippen LogP contribution in [0.3, 0.4) is 0 Å². The number of aliphatic imine (C=N–C) groups is 1. The fourth-order valence-corrected chi connectivity index (χ4v) is 8.89. The van der Waals surface area contributed by atoms with Crippen molar-refractivity contribution in [2.24, 2.45) is 28.7 Å². The number of allylic oxidation sites excluding steroid dienone is 15. The van der Waals surface area contributed by atoms with E-state index in [9.17, 15) is 0 Å². The van der Waals surface area contributed by atoms with E-state index in [0.717, 1.165) is 53.5 Å². The van der Waals surface area contributed by atoms with E-state index in [0.29, 0.717) is 23.7 Å². The van der Waals surface area contributed by atoms with Crippen LogP contribution in [0.2, 0.25) is 0 Å². The molecular formula is C40H34N2O2. The quantitative estimate of drug-likeness (QED) is 0.391. The number of fused-ring (bicyclic) bond motifs is 11. The van der Waals surface area contributed by atoms with Gasteiger partial charge in [0.25, 0.3) is 0 Å². The highest BCUT2D eigenvalue weighted by molar-refractivity contribution is 6.17. The molecule has 1 aromatic heterocycles. The number of rotatable bonds is 2. The van der Waals surface area contributed by atoms with Crippen LogP contribution in [0.25, 0.3) is 6.08 Å². The first-order valence-corrected chi connectivity index (χ1v) is 16.3. The van der Waals surface area contributed by atoms with Crippen molar-refractivity contribution in [2.45, 2.75) is 43.9 Å². The van der Waals surface area contributed by atoms with E-state index in [2.05, 4.69) is 115 Å². The van der Waals surface area contributed by atoms with Crippen LogP contribution in [0.1, 0.15) is 47.8 Å². The molecule has 216 valence electrons. The van der Waals surface area contributed by atoms with Crippen molar-refractivity contribution in [1.82, 2.24) is 0 Å². The summed E-state index contributed by atoms with van der Waals surface area (Å²) >= 11 is 0. The van der Waals surface area contributed by atoms with Gasteiger partial charge in [-0.2, -0.15) is 0 Å². The Balaban J connectivity index is 1.09. The SMILES string of the molecule is C1=CC2C3=C(C=CCC3)C3C=CC(C4=NC(C5=CC=CC6c7ccccc7OC56)Nc5c4oc4c5C=CCC4)=CC3C2C=C1. The van der Waals surface area contributed by atoms with Gasteiger partial charge in [-0.3, -0.25) is 4.99 Å². The maximum absolute atomic E-state index is 6.67. The third-order valence-corrected chi connectivity index (χ3v) is 10.9. The maximum atomic E-state index is 6.67. The van der Waals surface area contributed by atoms with Gasteiger partial charge in [0, 0.05) is 40.9 Å². The average Bonchev–Trinajstić information content (AvgIpc) is 3.66. The van der Waals surface area contributed by atoms with Crippen LogP contribution in [0.5, 0.6) is 5.75 Å². The third kappa shape index (κ3) is 3.54. The van der Waals surface area contributed by atoms with Crippen molar-refractivity contribution in [3.05, 3.63) is 148 Å². The summed E-state index contributed by atoms with van der Waals surface area (Å²) in [6.45, 7) is 0. The van der Waals surface area contributed by atoms with Gasteiger partial charge in [0.2, 0.25) is 0 Å². The summed E-state index contributed by atoms with van der Waals surface area (Å²) in [7, 11) is 0. The molecule has 0 bridgehead atoms. The van der Waals surface area contributed by atoms with Crippen molar-refractivity contribution in [3.8, 4) is 5.75 Å². The largest absolute Gasteiger partial charge is 0.485 e.